The lowest BCUT2D eigenvalue weighted by Gasteiger charge is -2.31. The van der Waals surface area contributed by atoms with Gasteiger partial charge in [0.25, 0.3) is 0 Å². The van der Waals surface area contributed by atoms with Crippen molar-refractivity contribution in [1.82, 2.24) is 5.32 Å². The molecule has 0 heterocycles. The first-order chi connectivity index (χ1) is 7.52. The van der Waals surface area contributed by atoms with Crippen molar-refractivity contribution in [3.8, 4) is 0 Å². The normalized spacial score (nSPS) is 14.1. The van der Waals surface area contributed by atoms with E-state index < -0.39 is 0 Å². The molecule has 0 aromatic carbocycles. The van der Waals surface area contributed by atoms with E-state index in [0.717, 1.165) is 19.8 Å². The largest absolute Gasteiger partial charge is 0.380 e. The lowest BCUT2D eigenvalue weighted by Crippen LogP contribution is -2.43. The Labute approximate surface area is 102 Å². The minimum atomic E-state index is 0.277. The van der Waals surface area contributed by atoms with Gasteiger partial charge in [0.1, 0.15) is 0 Å². The molecule has 0 radical (unpaired) electrons. The fraction of sp³-hybridized carbons (Fsp3) is 1.00. The molecular weight excluding hydrogens is 198 g/mol. The molecule has 0 bridgehead atoms. The second kappa shape index (κ2) is 9.00. The molecule has 0 saturated heterocycles. The minimum Gasteiger partial charge on any atom is -0.380 e. The average molecular weight is 229 g/mol. The SMILES string of the molecule is CCCCCCOCC(NCC)C(C)(C)C. The Morgan fingerprint density at radius 2 is 1.75 bits per heavy atom. The van der Waals surface area contributed by atoms with Gasteiger partial charge >= 0.3 is 0 Å². The first kappa shape index (κ1) is 15.9. The molecule has 0 amide bonds. The second-order valence-electron chi connectivity index (χ2n) is 5.61. The smallest absolute Gasteiger partial charge is 0.0624 e. The maximum absolute atomic E-state index is 5.76. The van der Waals surface area contributed by atoms with E-state index in [1.807, 2.05) is 0 Å². The summed E-state index contributed by atoms with van der Waals surface area (Å²) in [5.74, 6) is 0. The van der Waals surface area contributed by atoms with Crippen molar-refractivity contribution in [2.24, 2.45) is 5.41 Å². The van der Waals surface area contributed by atoms with E-state index in [1.54, 1.807) is 0 Å². The van der Waals surface area contributed by atoms with Gasteiger partial charge in [-0.05, 0) is 18.4 Å². The van der Waals surface area contributed by atoms with Crippen molar-refractivity contribution in [2.45, 2.75) is 66.3 Å². The molecule has 98 valence electrons. The van der Waals surface area contributed by atoms with E-state index in [9.17, 15) is 0 Å². The summed E-state index contributed by atoms with van der Waals surface area (Å²) in [7, 11) is 0. The third-order valence-electron chi connectivity index (χ3n) is 2.92. The Hall–Kier alpha value is -0.0800. The number of hydrogen-bond donors (Lipinski definition) is 1. The lowest BCUT2D eigenvalue weighted by atomic mass is 9.87. The Balaban J connectivity index is 3.61. The summed E-state index contributed by atoms with van der Waals surface area (Å²) in [4.78, 5) is 0. The summed E-state index contributed by atoms with van der Waals surface area (Å²) < 4.78 is 5.76. The van der Waals surface area contributed by atoms with Gasteiger partial charge in [0.15, 0.2) is 0 Å². The lowest BCUT2D eigenvalue weighted by molar-refractivity contribution is 0.0738. The molecular formula is C14H31NO. The Bertz CT molecular complexity index is 151. The highest BCUT2D eigenvalue weighted by Gasteiger charge is 2.23. The van der Waals surface area contributed by atoms with Crippen molar-refractivity contribution in [3.05, 3.63) is 0 Å². The van der Waals surface area contributed by atoms with Crippen LogP contribution in [0.25, 0.3) is 0 Å². The van der Waals surface area contributed by atoms with Crippen LogP contribution in [0.2, 0.25) is 0 Å². The molecule has 16 heavy (non-hydrogen) atoms. The number of likely N-dealkylation sites (N-methyl/N-ethyl adjacent to an activating group) is 1. The fourth-order valence-electron chi connectivity index (χ4n) is 1.69. The highest BCUT2D eigenvalue weighted by atomic mass is 16.5. The molecule has 0 spiro atoms. The van der Waals surface area contributed by atoms with E-state index in [2.05, 4.69) is 39.9 Å². The van der Waals surface area contributed by atoms with Gasteiger partial charge in [0.2, 0.25) is 0 Å². The summed E-state index contributed by atoms with van der Waals surface area (Å²) in [6, 6.07) is 0.462. The van der Waals surface area contributed by atoms with Crippen LogP contribution in [0.15, 0.2) is 0 Å². The number of rotatable bonds is 9. The van der Waals surface area contributed by atoms with Gasteiger partial charge in [-0.25, -0.2) is 0 Å². The van der Waals surface area contributed by atoms with E-state index in [1.165, 1.54) is 25.7 Å². The van der Waals surface area contributed by atoms with E-state index >= 15 is 0 Å². The molecule has 0 saturated carbocycles. The third-order valence-corrected chi connectivity index (χ3v) is 2.92. The zero-order valence-electron chi connectivity index (χ0n) is 11.9. The molecule has 1 N–H and O–H groups in total. The quantitative estimate of drug-likeness (QED) is 0.610. The Kier molecular flexibility index (Phi) is 8.96. The molecule has 1 unspecified atom stereocenters. The summed E-state index contributed by atoms with van der Waals surface area (Å²) in [5.41, 5.74) is 0.277. The van der Waals surface area contributed by atoms with Gasteiger partial charge in [-0.15, -0.1) is 0 Å². The number of unbranched alkanes of at least 4 members (excludes halogenated alkanes) is 3. The van der Waals surface area contributed by atoms with Crippen LogP contribution in [-0.2, 0) is 4.74 Å². The van der Waals surface area contributed by atoms with Crippen molar-refractivity contribution in [3.63, 3.8) is 0 Å². The van der Waals surface area contributed by atoms with Crippen LogP contribution in [-0.4, -0.2) is 25.8 Å². The maximum Gasteiger partial charge on any atom is 0.0624 e. The predicted molar refractivity (Wildman–Crippen MR) is 71.9 cm³/mol. The number of ether oxygens (including phenoxy) is 1. The van der Waals surface area contributed by atoms with Crippen LogP contribution in [0.5, 0.6) is 0 Å². The summed E-state index contributed by atoms with van der Waals surface area (Å²) in [6.45, 7) is 14.0. The topological polar surface area (TPSA) is 21.3 Å². The molecule has 1 atom stereocenters. The van der Waals surface area contributed by atoms with E-state index in [0.29, 0.717) is 6.04 Å². The molecule has 0 aliphatic carbocycles. The zero-order chi connectivity index (χ0) is 12.4. The first-order valence-corrected chi connectivity index (χ1v) is 6.83. The molecule has 2 heteroatoms. The molecule has 0 aromatic heterocycles. The van der Waals surface area contributed by atoms with Crippen LogP contribution in [0, 0.1) is 5.41 Å². The van der Waals surface area contributed by atoms with Crippen molar-refractivity contribution >= 4 is 0 Å². The van der Waals surface area contributed by atoms with Gasteiger partial charge in [0, 0.05) is 12.6 Å². The third kappa shape index (κ3) is 8.12. The molecule has 0 aliphatic heterocycles. The predicted octanol–water partition coefficient (Wildman–Crippen LogP) is 3.61. The summed E-state index contributed by atoms with van der Waals surface area (Å²) in [5, 5.41) is 3.50. The van der Waals surface area contributed by atoms with Crippen LogP contribution < -0.4 is 5.32 Å². The van der Waals surface area contributed by atoms with Crippen molar-refractivity contribution in [2.75, 3.05) is 19.8 Å². The number of hydrogen-bond acceptors (Lipinski definition) is 2. The van der Waals surface area contributed by atoms with Gasteiger partial charge < -0.3 is 10.1 Å². The minimum absolute atomic E-state index is 0.277. The molecule has 0 rings (SSSR count). The number of nitrogens with one attached hydrogen (secondary N) is 1. The van der Waals surface area contributed by atoms with Crippen LogP contribution in [0.3, 0.4) is 0 Å². The summed E-state index contributed by atoms with van der Waals surface area (Å²) in [6.07, 6.45) is 5.13. The van der Waals surface area contributed by atoms with Crippen LogP contribution >= 0.6 is 0 Å². The highest BCUT2D eigenvalue weighted by molar-refractivity contribution is 4.79. The second-order valence-corrected chi connectivity index (χ2v) is 5.61. The summed E-state index contributed by atoms with van der Waals surface area (Å²) >= 11 is 0. The standard InChI is InChI=1S/C14H31NO/c1-6-8-9-10-11-16-12-13(15-7-2)14(3,4)5/h13,15H,6-12H2,1-5H3. The molecule has 2 nitrogen and oxygen atoms in total. The molecule has 0 aliphatic rings. The van der Waals surface area contributed by atoms with Crippen molar-refractivity contribution < 1.29 is 4.74 Å². The van der Waals surface area contributed by atoms with Crippen molar-refractivity contribution in [1.29, 1.82) is 0 Å². The highest BCUT2D eigenvalue weighted by Crippen LogP contribution is 2.19. The van der Waals surface area contributed by atoms with Crippen LogP contribution in [0.1, 0.15) is 60.3 Å². The Morgan fingerprint density at radius 1 is 1.06 bits per heavy atom. The van der Waals surface area contributed by atoms with E-state index in [-0.39, 0.29) is 5.41 Å². The molecule has 0 aromatic rings. The van der Waals surface area contributed by atoms with Gasteiger partial charge in [-0.3, -0.25) is 0 Å². The zero-order valence-corrected chi connectivity index (χ0v) is 11.9. The van der Waals surface area contributed by atoms with Gasteiger partial charge in [-0.2, -0.15) is 0 Å². The van der Waals surface area contributed by atoms with E-state index in [4.69, 9.17) is 4.74 Å². The molecule has 0 fully saturated rings. The monoisotopic (exact) mass is 229 g/mol. The van der Waals surface area contributed by atoms with Crippen LogP contribution in [0.4, 0.5) is 0 Å². The van der Waals surface area contributed by atoms with Gasteiger partial charge in [0.05, 0.1) is 6.61 Å². The average Bonchev–Trinajstić information content (AvgIpc) is 2.20. The first-order valence-electron chi connectivity index (χ1n) is 6.83. The Morgan fingerprint density at radius 3 is 2.25 bits per heavy atom. The maximum atomic E-state index is 5.76. The van der Waals surface area contributed by atoms with Gasteiger partial charge in [-0.1, -0.05) is 53.9 Å². The fourth-order valence-corrected chi connectivity index (χ4v) is 1.69.